The number of hydrogen-bond acceptors (Lipinski definition) is 9. The molecule has 0 amide bonds. The summed E-state index contributed by atoms with van der Waals surface area (Å²) in [5.74, 6) is -0.834. The van der Waals surface area contributed by atoms with Crippen molar-refractivity contribution in [3.05, 3.63) is 0 Å². The van der Waals surface area contributed by atoms with E-state index in [1.165, 1.54) is 70.9 Å². The Bertz CT molecular complexity index is 909. The molecule has 0 saturated heterocycles. The zero-order valence-corrected chi connectivity index (χ0v) is 34.8. The van der Waals surface area contributed by atoms with E-state index in [0.29, 0.717) is 36.9 Å². The minimum Gasteiger partial charge on any atom is -0.466 e. The van der Waals surface area contributed by atoms with Crippen LogP contribution in [0.5, 0.6) is 0 Å². The highest BCUT2D eigenvalue weighted by molar-refractivity contribution is 7.52. The highest BCUT2D eigenvalue weighted by Crippen LogP contribution is 2.43. The summed E-state index contributed by atoms with van der Waals surface area (Å²) in [6.07, 6.45) is 25.5. The summed E-state index contributed by atoms with van der Waals surface area (Å²) in [6, 6.07) is 0. The largest absolute Gasteiger partial charge is 0.466 e. The minimum atomic E-state index is -3.38. The lowest BCUT2D eigenvalue weighted by molar-refractivity contribution is -0.870. The number of carbonyl (C=O) groups is 3. The Hall–Kier alpha value is -1.48. The molecular weight excluding hydrogens is 669 g/mol. The van der Waals surface area contributed by atoms with Crippen LogP contribution in [0.15, 0.2) is 0 Å². The smallest absolute Gasteiger partial charge is 0.327 e. The van der Waals surface area contributed by atoms with Gasteiger partial charge in [-0.3, -0.25) is 18.9 Å². The van der Waals surface area contributed by atoms with Gasteiger partial charge in [0.15, 0.2) is 6.10 Å². The molecule has 0 N–H and O–H groups in total. The van der Waals surface area contributed by atoms with E-state index >= 15 is 0 Å². The van der Waals surface area contributed by atoms with Gasteiger partial charge in [-0.05, 0) is 19.3 Å². The fourth-order valence-corrected chi connectivity index (χ4v) is 6.46. The summed E-state index contributed by atoms with van der Waals surface area (Å²) in [5, 5.41) is 0. The van der Waals surface area contributed by atoms with E-state index in [2.05, 4.69) is 6.92 Å². The van der Waals surface area contributed by atoms with E-state index in [1.54, 1.807) is 6.92 Å². The van der Waals surface area contributed by atoms with Crippen molar-refractivity contribution < 1.29 is 46.7 Å². The van der Waals surface area contributed by atoms with Gasteiger partial charge in [-0.1, -0.05) is 136 Å². The third-order valence-electron chi connectivity index (χ3n) is 8.87. The first-order valence-corrected chi connectivity index (χ1v) is 22.5. The van der Waals surface area contributed by atoms with Crippen LogP contribution in [-0.2, 0) is 42.2 Å². The number of quaternary nitrogens is 1. The van der Waals surface area contributed by atoms with Crippen molar-refractivity contribution >= 4 is 25.5 Å². The number of hydrogen-bond donors (Lipinski definition) is 0. The van der Waals surface area contributed by atoms with Crippen LogP contribution in [0.1, 0.15) is 174 Å². The summed E-state index contributed by atoms with van der Waals surface area (Å²) in [7, 11) is 2.68. The Labute approximate surface area is 312 Å². The molecule has 0 spiro atoms. The van der Waals surface area contributed by atoms with Crippen LogP contribution < -0.4 is 0 Å². The highest BCUT2D eigenvalue weighted by Gasteiger charge is 2.24. The normalized spacial score (nSPS) is 13.5. The molecule has 0 radical (unpaired) electrons. The molecule has 0 aliphatic carbocycles. The Morgan fingerprint density at radius 3 is 1.45 bits per heavy atom. The number of unbranched alkanes of at least 4 members (excludes halogenated alkanes) is 20. The Morgan fingerprint density at radius 2 is 0.980 bits per heavy atom. The highest BCUT2D eigenvalue weighted by atomic mass is 31.2. The van der Waals surface area contributed by atoms with Crippen LogP contribution in [0.2, 0.25) is 0 Å². The van der Waals surface area contributed by atoms with Crippen molar-refractivity contribution in [2.24, 2.45) is 0 Å². The molecule has 0 aromatic carbocycles. The zero-order valence-electron chi connectivity index (χ0n) is 33.9. The second-order valence-electron chi connectivity index (χ2n) is 15.2. The van der Waals surface area contributed by atoms with Gasteiger partial charge in [0.05, 0.1) is 34.4 Å². The van der Waals surface area contributed by atoms with Crippen molar-refractivity contribution in [1.82, 2.24) is 0 Å². The van der Waals surface area contributed by atoms with Crippen LogP contribution in [0.4, 0.5) is 0 Å². The van der Waals surface area contributed by atoms with Gasteiger partial charge < -0.3 is 27.7 Å². The van der Waals surface area contributed by atoms with Gasteiger partial charge in [0.25, 0.3) is 0 Å². The molecule has 302 valence electrons. The molecule has 11 heteroatoms. The fraction of sp³-hybridized carbons (Fsp3) is 0.925. The lowest BCUT2D eigenvalue weighted by Crippen LogP contribution is -2.37. The number of ether oxygens (including phenoxy) is 3. The molecule has 0 aliphatic rings. The second-order valence-corrected chi connectivity index (χ2v) is 17.3. The summed E-state index contributed by atoms with van der Waals surface area (Å²) < 4.78 is 40.9. The van der Waals surface area contributed by atoms with Crippen LogP contribution in [0, 0.1) is 0 Å². The summed E-state index contributed by atoms with van der Waals surface area (Å²) in [6.45, 7) is 6.60. The van der Waals surface area contributed by atoms with Crippen molar-refractivity contribution in [3.63, 3.8) is 0 Å². The Morgan fingerprint density at radius 1 is 0.529 bits per heavy atom. The van der Waals surface area contributed by atoms with Gasteiger partial charge >= 0.3 is 25.5 Å². The zero-order chi connectivity index (χ0) is 38.1. The molecule has 2 atom stereocenters. The molecule has 0 fully saturated rings. The third kappa shape index (κ3) is 36.7. The van der Waals surface area contributed by atoms with Gasteiger partial charge in [-0.15, -0.1) is 0 Å². The second kappa shape index (κ2) is 33.1. The molecular formula is C40H79NO9P+. The number of rotatable bonds is 37. The quantitative estimate of drug-likeness (QED) is 0.0201. The SMILES string of the molecule is CCCCCCCCCCCCCCCC(=O)OCC(COP(C)(=O)OCC[N+](C)(C)C)OC(=O)CCCCCCCCCCCOC(=O)CC. The molecule has 0 aliphatic heterocycles. The van der Waals surface area contributed by atoms with Crippen molar-refractivity contribution in [2.75, 3.05) is 60.8 Å². The average molecular weight is 749 g/mol. The molecule has 0 saturated carbocycles. The maximum absolute atomic E-state index is 12.9. The van der Waals surface area contributed by atoms with E-state index in [0.717, 1.165) is 70.6 Å². The number of likely N-dealkylation sites (N-methyl/N-ethyl adjacent to an activating group) is 1. The first kappa shape index (κ1) is 49.5. The van der Waals surface area contributed by atoms with Crippen LogP contribution >= 0.6 is 7.60 Å². The molecule has 0 aromatic heterocycles. The number of esters is 3. The van der Waals surface area contributed by atoms with E-state index in [9.17, 15) is 18.9 Å². The molecule has 2 unspecified atom stereocenters. The standard InChI is InChI=1S/C40H79NO9P/c1-7-9-10-11-12-13-14-15-16-18-21-24-27-30-39(43)47-35-37(36-49-51(6,45)48-34-32-41(3,4)5)50-40(44)31-28-25-22-19-17-20-23-26-29-33-46-38(42)8-2/h37H,7-36H2,1-6H3/q+1. The molecule has 0 aromatic rings. The van der Waals surface area contributed by atoms with Gasteiger partial charge in [0, 0.05) is 25.9 Å². The van der Waals surface area contributed by atoms with Gasteiger partial charge in [0.2, 0.25) is 0 Å². The molecule has 0 bridgehead atoms. The predicted octanol–water partition coefficient (Wildman–Crippen LogP) is 10.3. The monoisotopic (exact) mass is 749 g/mol. The Kier molecular flexibility index (Phi) is 32.2. The fourth-order valence-electron chi connectivity index (χ4n) is 5.54. The maximum atomic E-state index is 12.9. The van der Waals surface area contributed by atoms with Gasteiger partial charge in [0.1, 0.15) is 19.8 Å². The summed E-state index contributed by atoms with van der Waals surface area (Å²) >= 11 is 0. The van der Waals surface area contributed by atoms with E-state index in [4.69, 9.17) is 23.3 Å². The average Bonchev–Trinajstić information content (AvgIpc) is 3.07. The third-order valence-corrected chi connectivity index (χ3v) is 10.1. The minimum absolute atomic E-state index is 0.135. The van der Waals surface area contributed by atoms with Crippen molar-refractivity contribution in [3.8, 4) is 0 Å². The molecule has 0 rings (SSSR count). The molecule has 0 heterocycles. The van der Waals surface area contributed by atoms with E-state index in [-0.39, 0.29) is 44.1 Å². The first-order chi connectivity index (χ1) is 24.4. The maximum Gasteiger partial charge on any atom is 0.327 e. The topological polar surface area (TPSA) is 114 Å². The number of carbonyl (C=O) groups excluding carboxylic acids is 3. The van der Waals surface area contributed by atoms with Crippen LogP contribution in [-0.4, -0.2) is 89.3 Å². The first-order valence-electron chi connectivity index (χ1n) is 20.6. The van der Waals surface area contributed by atoms with Crippen LogP contribution in [0.25, 0.3) is 0 Å². The summed E-state index contributed by atoms with van der Waals surface area (Å²) in [4.78, 5) is 36.3. The van der Waals surface area contributed by atoms with Crippen molar-refractivity contribution in [1.29, 1.82) is 0 Å². The molecule has 51 heavy (non-hydrogen) atoms. The van der Waals surface area contributed by atoms with Crippen LogP contribution in [0.3, 0.4) is 0 Å². The lowest BCUT2D eigenvalue weighted by Gasteiger charge is -2.25. The number of nitrogens with zero attached hydrogens (tertiary/aromatic N) is 1. The molecule has 10 nitrogen and oxygen atoms in total. The van der Waals surface area contributed by atoms with Gasteiger partial charge in [-0.25, -0.2) is 0 Å². The van der Waals surface area contributed by atoms with E-state index in [1.807, 2.05) is 21.1 Å². The van der Waals surface area contributed by atoms with Crippen molar-refractivity contribution in [2.45, 2.75) is 180 Å². The lowest BCUT2D eigenvalue weighted by atomic mass is 10.0. The predicted molar refractivity (Wildman–Crippen MR) is 207 cm³/mol. The van der Waals surface area contributed by atoms with Gasteiger partial charge in [-0.2, -0.15) is 0 Å². The summed E-state index contributed by atoms with van der Waals surface area (Å²) in [5.41, 5.74) is 0. The Balaban J connectivity index is 4.37. The van der Waals surface area contributed by atoms with E-state index < -0.39 is 13.7 Å².